The molecule has 6 N–H and O–H groups in total. The van der Waals surface area contributed by atoms with Gasteiger partial charge in [-0.2, -0.15) is 0 Å². The summed E-state index contributed by atoms with van der Waals surface area (Å²) >= 11 is 0. The van der Waals surface area contributed by atoms with E-state index in [-0.39, 0.29) is 37.2 Å². The molecule has 0 aliphatic rings. The second-order valence-electron chi connectivity index (χ2n) is 7.59. The third kappa shape index (κ3) is 25.9. The molecule has 4 nitrogen and oxygen atoms in total. The summed E-state index contributed by atoms with van der Waals surface area (Å²) in [6.45, 7) is 17.6. The topological polar surface area (TPSA) is 103 Å². The van der Waals surface area contributed by atoms with E-state index in [1.807, 2.05) is 13.8 Å². The first-order chi connectivity index (χ1) is 8.52. The van der Waals surface area contributed by atoms with Crippen LogP contribution in [0.5, 0.6) is 0 Å². The number of aliphatic hydroxyl groups excluding tert-OH is 1. The molecule has 0 atom stereocenters. The number of rotatable bonds is 7. The fourth-order valence-electron chi connectivity index (χ4n) is 2.53. The Morgan fingerprint density at radius 1 is 0.636 bits per heavy atom. The molecule has 0 rings (SSSR count). The molecule has 6 heteroatoms. The van der Waals surface area contributed by atoms with E-state index in [4.69, 9.17) is 5.11 Å². The Balaban J connectivity index is -0.000000105. The van der Waals surface area contributed by atoms with Crippen LogP contribution in [0.25, 0.3) is 0 Å². The van der Waals surface area contributed by atoms with Crippen LogP contribution in [0.1, 0.15) is 55.4 Å². The average Bonchev–Trinajstić information content (AvgIpc) is 2.13. The Kier molecular flexibility index (Phi) is 28.5. The second kappa shape index (κ2) is 18.3. The van der Waals surface area contributed by atoms with Gasteiger partial charge < -0.3 is 20.9 Å². The van der Waals surface area contributed by atoms with Crippen LogP contribution in [0.2, 0.25) is 18.1 Å². The third-order valence-corrected chi connectivity index (χ3v) is 7.46. The normalized spacial score (nSPS) is 10.6. The standard InChI is InChI=1S/C12H28OSi.C4H10O.2H2O.Zr/c1-10(2)7-14(13,8-11(3)4)9-12(5)6;1-4(2)3-5;;;/h10-13H,7-9H2,1-6H3;4-5H,3H2,1-2H3;2*1H2;. The van der Waals surface area contributed by atoms with E-state index < -0.39 is 8.32 Å². The maximum atomic E-state index is 10.7. The molecule has 0 aliphatic carbocycles. The van der Waals surface area contributed by atoms with Crippen LogP contribution in [0, 0.1) is 23.7 Å². The van der Waals surface area contributed by atoms with Crippen LogP contribution in [-0.4, -0.2) is 35.8 Å². The summed E-state index contributed by atoms with van der Waals surface area (Å²) in [5.41, 5.74) is 0. The van der Waals surface area contributed by atoms with Gasteiger partial charge in [0.1, 0.15) is 0 Å². The fourth-order valence-corrected chi connectivity index (χ4v) is 7.59. The molecular formula is C16H42O4SiZr. The summed E-state index contributed by atoms with van der Waals surface area (Å²) in [6, 6.07) is 3.22. The first-order valence-electron chi connectivity index (χ1n) is 7.85. The Bertz CT molecular complexity index is 186. The summed E-state index contributed by atoms with van der Waals surface area (Å²) in [6.07, 6.45) is 0. The molecular weight excluding hydrogens is 375 g/mol. The van der Waals surface area contributed by atoms with Gasteiger partial charge in [-0.25, -0.2) is 0 Å². The molecule has 0 aromatic carbocycles. The minimum atomic E-state index is -1.94. The van der Waals surface area contributed by atoms with Crippen molar-refractivity contribution in [3.8, 4) is 0 Å². The van der Waals surface area contributed by atoms with Gasteiger partial charge in [-0.1, -0.05) is 55.4 Å². The SMILES string of the molecule is CC(C)CO.CC(C)C[Si](O)(CC(C)C)CC(C)C.O.O.[Zr]. The molecule has 0 saturated carbocycles. The van der Waals surface area contributed by atoms with Gasteiger partial charge in [-0.05, 0) is 41.8 Å². The Morgan fingerprint density at radius 3 is 0.909 bits per heavy atom. The largest absolute Gasteiger partial charge is 0.432 e. The summed E-state index contributed by atoms with van der Waals surface area (Å²) in [5, 5.41) is 8.14. The van der Waals surface area contributed by atoms with Gasteiger partial charge in [-0.3, -0.25) is 0 Å². The van der Waals surface area contributed by atoms with E-state index >= 15 is 0 Å². The predicted molar refractivity (Wildman–Crippen MR) is 96.1 cm³/mol. The number of aliphatic hydroxyl groups is 1. The van der Waals surface area contributed by atoms with Crippen molar-refractivity contribution in [3.63, 3.8) is 0 Å². The molecule has 0 aromatic rings. The van der Waals surface area contributed by atoms with Crippen molar-refractivity contribution >= 4 is 8.32 Å². The average molecular weight is 418 g/mol. The predicted octanol–water partition coefficient (Wildman–Crippen LogP) is 2.88. The minimum Gasteiger partial charge on any atom is -0.432 e. The smallest absolute Gasteiger partial charge is 0.189 e. The van der Waals surface area contributed by atoms with Crippen molar-refractivity contribution < 1.29 is 47.1 Å². The van der Waals surface area contributed by atoms with E-state index in [2.05, 4.69) is 41.5 Å². The Morgan fingerprint density at radius 2 is 0.818 bits per heavy atom. The summed E-state index contributed by atoms with van der Waals surface area (Å²) in [4.78, 5) is 10.7. The monoisotopic (exact) mass is 416 g/mol. The van der Waals surface area contributed by atoms with Crippen molar-refractivity contribution in [1.29, 1.82) is 0 Å². The maximum absolute atomic E-state index is 10.7. The van der Waals surface area contributed by atoms with Gasteiger partial charge in [0.05, 0.1) is 0 Å². The second-order valence-corrected chi connectivity index (χ2v) is 11.3. The summed E-state index contributed by atoms with van der Waals surface area (Å²) in [7, 11) is -1.94. The van der Waals surface area contributed by atoms with Crippen molar-refractivity contribution in [3.05, 3.63) is 0 Å². The maximum Gasteiger partial charge on any atom is 0.189 e. The summed E-state index contributed by atoms with van der Waals surface area (Å²) in [5.74, 6) is 2.37. The van der Waals surface area contributed by atoms with Crippen molar-refractivity contribution in [2.45, 2.75) is 73.5 Å². The van der Waals surface area contributed by atoms with Crippen LogP contribution in [0.4, 0.5) is 0 Å². The Hall–Kier alpha value is 0.940. The van der Waals surface area contributed by atoms with Crippen LogP contribution in [0.15, 0.2) is 0 Å². The zero-order valence-corrected chi connectivity index (χ0v) is 19.5. The van der Waals surface area contributed by atoms with E-state index in [9.17, 15) is 4.80 Å². The molecule has 0 radical (unpaired) electrons. The number of hydrogen-bond acceptors (Lipinski definition) is 2. The van der Waals surface area contributed by atoms with Crippen molar-refractivity contribution in [2.24, 2.45) is 23.7 Å². The fraction of sp³-hybridized carbons (Fsp3) is 1.00. The molecule has 0 amide bonds. The van der Waals surface area contributed by atoms with Gasteiger partial charge >= 0.3 is 0 Å². The molecule has 0 unspecified atom stereocenters. The zero-order valence-electron chi connectivity index (χ0n) is 16.0. The molecule has 0 heterocycles. The van der Waals surface area contributed by atoms with Gasteiger partial charge in [0.25, 0.3) is 0 Å². The Labute approximate surface area is 159 Å². The van der Waals surface area contributed by atoms with Gasteiger partial charge in [-0.15, -0.1) is 0 Å². The molecule has 22 heavy (non-hydrogen) atoms. The van der Waals surface area contributed by atoms with Crippen molar-refractivity contribution in [1.82, 2.24) is 0 Å². The van der Waals surface area contributed by atoms with E-state index in [1.54, 1.807) is 0 Å². The first kappa shape index (κ1) is 34.3. The van der Waals surface area contributed by atoms with Gasteiger partial charge in [0.2, 0.25) is 0 Å². The quantitative estimate of drug-likeness (QED) is 0.622. The van der Waals surface area contributed by atoms with E-state index in [1.165, 1.54) is 0 Å². The molecule has 0 saturated heterocycles. The van der Waals surface area contributed by atoms with Crippen molar-refractivity contribution in [2.75, 3.05) is 6.61 Å². The summed E-state index contributed by atoms with van der Waals surface area (Å²) < 4.78 is 0. The zero-order chi connectivity index (χ0) is 15.6. The third-order valence-electron chi connectivity index (χ3n) is 2.73. The first-order valence-corrected chi connectivity index (χ1v) is 10.4. The van der Waals surface area contributed by atoms with Crippen LogP contribution >= 0.6 is 0 Å². The molecule has 0 aromatic heterocycles. The van der Waals surface area contributed by atoms with E-state index in [0.717, 1.165) is 18.1 Å². The van der Waals surface area contributed by atoms with Crippen LogP contribution in [-0.2, 0) is 26.2 Å². The van der Waals surface area contributed by atoms with Crippen LogP contribution < -0.4 is 0 Å². The molecule has 0 fully saturated rings. The van der Waals surface area contributed by atoms with E-state index in [0.29, 0.717) is 30.3 Å². The molecule has 138 valence electrons. The minimum absolute atomic E-state index is 0. The molecule has 0 spiro atoms. The van der Waals surface area contributed by atoms with Gasteiger partial charge in [0.15, 0.2) is 8.32 Å². The van der Waals surface area contributed by atoms with Crippen LogP contribution in [0.3, 0.4) is 0 Å². The number of hydrogen-bond donors (Lipinski definition) is 2. The molecule has 0 aliphatic heterocycles. The van der Waals surface area contributed by atoms with Gasteiger partial charge in [0, 0.05) is 32.8 Å². The molecule has 0 bridgehead atoms.